The molecule has 3 aliphatic rings. The number of hydrogen-bond donors (Lipinski definition) is 0. The van der Waals surface area contributed by atoms with Gasteiger partial charge in [-0.25, -0.2) is 0 Å². The van der Waals surface area contributed by atoms with E-state index in [4.69, 9.17) is 14.2 Å². The number of amides is 1. The molecule has 0 spiro atoms. The molecule has 0 saturated carbocycles. The van der Waals surface area contributed by atoms with Crippen molar-refractivity contribution in [3.63, 3.8) is 0 Å². The van der Waals surface area contributed by atoms with Gasteiger partial charge in [-0.05, 0) is 30.5 Å². The molecule has 2 fully saturated rings. The maximum atomic E-state index is 12.4. The van der Waals surface area contributed by atoms with E-state index in [1.54, 1.807) is 0 Å². The van der Waals surface area contributed by atoms with Gasteiger partial charge in [0.2, 0.25) is 0 Å². The zero-order chi connectivity index (χ0) is 16.4. The van der Waals surface area contributed by atoms with Crippen molar-refractivity contribution in [3.05, 3.63) is 23.8 Å². The van der Waals surface area contributed by atoms with E-state index in [0.717, 1.165) is 63.7 Å². The van der Waals surface area contributed by atoms with E-state index in [-0.39, 0.29) is 12.0 Å². The number of piperazine rings is 1. The van der Waals surface area contributed by atoms with Gasteiger partial charge in [-0.3, -0.25) is 9.69 Å². The summed E-state index contributed by atoms with van der Waals surface area (Å²) in [5.41, 5.74) is 1.22. The van der Waals surface area contributed by atoms with Crippen LogP contribution < -0.4 is 9.47 Å². The third-order valence-corrected chi connectivity index (χ3v) is 4.90. The fraction of sp³-hybridized carbons (Fsp3) is 0.611. The van der Waals surface area contributed by atoms with Crippen LogP contribution in [0.3, 0.4) is 0 Å². The lowest BCUT2D eigenvalue weighted by atomic mass is 10.1. The molecule has 0 N–H and O–H groups in total. The molecular weight excluding hydrogens is 308 g/mol. The lowest BCUT2D eigenvalue weighted by molar-refractivity contribution is -0.142. The first kappa shape index (κ1) is 15.7. The van der Waals surface area contributed by atoms with Crippen molar-refractivity contribution in [1.29, 1.82) is 0 Å². The number of hydrogen-bond acceptors (Lipinski definition) is 5. The molecule has 3 aliphatic heterocycles. The van der Waals surface area contributed by atoms with E-state index >= 15 is 0 Å². The van der Waals surface area contributed by atoms with Gasteiger partial charge in [0, 0.05) is 39.3 Å². The Morgan fingerprint density at radius 1 is 1.04 bits per heavy atom. The molecule has 0 unspecified atom stereocenters. The molecule has 0 aliphatic carbocycles. The van der Waals surface area contributed by atoms with Gasteiger partial charge in [-0.2, -0.15) is 0 Å². The second kappa shape index (κ2) is 6.99. The van der Waals surface area contributed by atoms with E-state index in [9.17, 15) is 4.79 Å². The normalized spacial score (nSPS) is 24.2. The first-order chi connectivity index (χ1) is 11.8. The highest BCUT2D eigenvalue weighted by molar-refractivity contribution is 5.81. The van der Waals surface area contributed by atoms with Crippen molar-refractivity contribution in [2.45, 2.75) is 25.5 Å². The van der Waals surface area contributed by atoms with E-state index in [1.165, 1.54) is 5.56 Å². The number of rotatable bonds is 3. The Hall–Kier alpha value is -1.79. The first-order valence-electron chi connectivity index (χ1n) is 8.81. The van der Waals surface area contributed by atoms with Crippen LogP contribution >= 0.6 is 0 Å². The number of fused-ring (bicyclic) bond motifs is 1. The highest BCUT2D eigenvalue weighted by atomic mass is 16.6. The molecule has 1 amide bonds. The van der Waals surface area contributed by atoms with Crippen LogP contribution in [0, 0.1) is 0 Å². The number of benzene rings is 1. The first-order valence-corrected chi connectivity index (χ1v) is 8.81. The fourth-order valence-corrected chi connectivity index (χ4v) is 3.55. The standard InChI is InChI=1S/C18H24N2O4/c21-18(16-2-1-9-22-16)20-7-5-19(6-8-20)13-14-3-4-15-17(12-14)24-11-10-23-15/h3-4,12,16H,1-2,5-11,13H2/t16-/m0/s1. The van der Waals surface area contributed by atoms with E-state index < -0.39 is 0 Å². The van der Waals surface area contributed by atoms with Crippen molar-refractivity contribution < 1.29 is 19.0 Å². The average Bonchev–Trinajstić information content (AvgIpc) is 3.16. The second-order valence-corrected chi connectivity index (χ2v) is 6.58. The Balaban J connectivity index is 1.30. The molecule has 3 heterocycles. The Morgan fingerprint density at radius 3 is 2.58 bits per heavy atom. The number of carbonyl (C=O) groups is 1. The minimum Gasteiger partial charge on any atom is -0.486 e. The van der Waals surface area contributed by atoms with Crippen LogP contribution in [0.25, 0.3) is 0 Å². The minimum absolute atomic E-state index is 0.173. The van der Waals surface area contributed by atoms with Gasteiger partial charge in [0.15, 0.2) is 11.5 Å². The average molecular weight is 332 g/mol. The van der Waals surface area contributed by atoms with Gasteiger partial charge in [0.05, 0.1) is 0 Å². The predicted molar refractivity (Wildman–Crippen MR) is 88.3 cm³/mol. The van der Waals surface area contributed by atoms with E-state index in [2.05, 4.69) is 17.0 Å². The lowest BCUT2D eigenvalue weighted by Crippen LogP contribution is -2.51. The van der Waals surface area contributed by atoms with Crippen LogP contribution in [-0.4, -0.2) is 67.8 Å². The molecule has 2 saturated heterocycles. The molecule has 1 atom stereocenters. The summed E-state index contributed by atoms with van der Waals surface area (Å²) in [6, 6.07) is 6.15. The summed E-state index contributed by atoms with van der Waals surface area (Å²) in [5, 5.41) is 0. The Kier molecular flexibility index (Phi) is 4.58. The monoisotopic (exact) mass is 332 g/mol. The maximum absolute atomic E-state index is 12.4. The summed E-state index contributed by atoms with van der Waals surface area (Å²) in [6.45, 7) is 6.18. The van der Waals surface area contributed by atoms with Crippen molar-refractivity contribution in [2.75, 3.05) is 46.0 Å². The highest BCUT2D eigenvalue weighted by Crippen LogP contribution is 2.31. The molecule has 0 radical (unpaired) electrons. The molecule has 0 bridgehead atoms. The van der Waals surface area contributed by atoms with E-state index in [0.29, 0.717) is 13.2 Å². The maximum Gasteiger partial charge on any atom is 0.251 e. The Bertz CT molecular complexity index is 593. The topological polar surface area (TPSA) is 51.2 Å². The molecule has 6 heteroatoms. The van der Waals surface area contributed by atoms with Crippen LogP contribution in [0.1, 0.15) is 18.4 Å². The fourth-order valence-electron chi connectivity index (χ4n) is 3.55. The van der Waals surface area contributed by atoms with Crippen LogP contribution in [-0.2, 0) is 16.1 Å². The number of carbonyl (C=O) groups excluding carboxylic acids is 1. The second-order valence-electron chi connectivity index (χ2n) is 6.58. The van der Waals surface area contributed by atoms with Gasteiger partial charge in [-0.15, -0.1) is 0 Å². The highest BCUT2D eigenvalue weighted by Gasteiger charge is 2.30. The molecule has 0 aromatic heterocycles. The van der Waals surface area contributed by atoms with Gasteiger partial charge < -0.3 is 19.1 Å². The molecule has 1 aromatic rings. The molecule has 6 nitrogen and oxygen atoms in total. The molecule has 1 aromatic carbocycles. The third kappa shape index (κ3) is 3.35. The van der Waals surface area contributed by atoms with Crippen LogP contribution in [0.5, 0.6) is 11.5 Å². The van der Waals surface area contributed by atoms with Gasteiger partial charge in [0.25, 0.3) is 5.91 Å². The summed E-state index contributed by atoms with van der Waals surface area (Å²) in [6.07, 6.45) is 1.67. The van der Waals surface area contributed by atoms with Crippen molar-refractivity contribution in [3.8, 4) is 11.5 Å². The number of ether oxygens (including phenoxy) is 3. The Morgan fingerprint density at radius 2 is 1.83 bits per heavy atom. The zero-order valence-corrected chi connectivity index (χ0v) is 13.9. The van der Waals surface area contributed by atoms with Gasteiger partial charge in [-0.1, -0.05) is 6.07 Å². The predicted octanol–water partition coefficient (Wildman–Crippen LogP) is 1.28. The smallest absolute Gasteiger partial charge is 0.251 e. The van der Waals surface area contributed by atoms with Gasteiger partial charge >= 0.3 is 0 Å². The largest absolute Gasteiger partial charge is 0.486 e. The van der Waals surface area contributed by atoms with Gasteiger partial charge in [0.1, 0.15) is 19.3 Å². The summed E-state index contributed by atoms with van der Waals surface area (Å²) in [7, 11) is 0. The molecule has 130 valence electrons. The van der Waals surface area contributed by atoms with Crippen molar-refractivity contribution in [1.82, 2.24) is 9.80 Å². The summed E-state index contributed by atoms with van der Waals surface area (Å²) < 4.78 is 16.7. The summed E-state index contributed by atoms with van der Waals surface area (Å²) in [5.74, 6) is 1.84. The van der Waals surface area contributed by atoms with Crippen molar-refractivity contribution in [2.24, 2.45) is 0 Å². The van der Waals surface area contributed by atoms with Crippen LogP contribution in [0.2, 0.25) is 0 Å². The van der Waals surface area contributed by atoms with Crippen LogP contribution in [0.4, 0.5) is 0 Å². The lowest BCUT2D eigenvalue weighted by Gasteiger charge is -2.35. The third-order valence-electron chi connectivity index (χ3n) is 4.90. The zero-order valence-electron chi connectivity index (χ0n) is 13.9. The Labute approximate surface area is 142 Å². The number of nitrogens with zero attached hydrogens (tertiary/aromatic N) is 2. The minimum atomic E-state index is -0.200. The molecule has 4 rings (SSSR count). The molecule has 24 heavy (non-hydrogen) atoms. The SMILES string of the molecule is O=C([C@@H]1CCCO1)N1CCN(Cc2ccc3c(c2)OCCO3)CC1. The molecular formula is C18H24N2O4. The summed E-state index contributed by atoms with van der Waals surface area (Å²) in [4.78, 5) is 16.7. The van der Waals surface area contributed by atoms with Crippen LogP contribution in [0.15, 0.2) is 18.2 Å². The van der Waals surface area contributed by atoms with E-state index in [1.807, 2.05) is 11.0 Å². The summed E-state index contributed by atoms with van der Waals surface area (Å²) >= 11 is 0. The quantitative estimate of drug-likeness (QED) is 0.835. The van der Waals surface area contributed by atoms with Crippen molar-refractivity contribution >= 4 is 5.91 Å².